The van der Waals surface area contributed by atoms with E-state index in [1.807, 2.05) is 0 Å². The Labute approximate surface area is 59.0 Å². The predicted molar refractivity (Wildman–Crippen MR) is 40.2 cm³/mol. The zero-order valence-electron chi connectivity index (χ0n) is 2.62. The van der Waals surface area contributed by atoms with Gasteiger partial charge in [0.1, 0.15) is 0 Å². The highest BCUT2D eigenvalue weighted by Crippen LogP contribution is 2.37. The van der Waals surface area contributed by atoms with Crippen LogP contribution < -0.4 is 0 Å². The molecule has 0 aliphatic heterocycles. The standard InChI is InChI=1S/C3H4I2/c4-2-1-3(2)5/h2-3H,1H2/t2-,3-/m1/s1. The summed E-state index contributed by atoms with van der Waals surface area (Å²) in [5, 5.41) is 0. The first-order valence-electron chi connectivity index (χ1n) is 1.59. The summed E-state index contributed by atoms with van der Waals surface area (Å²) in [7, 11) is 0. The summed E-state index contributed by atoms with van der Waals surface area (Å²) < 4.78 is 2.02. The Morgan fingerprint density at radius 3 is 1.40 bits per heavy atom. The van der Waals surface area contributed by atoms with Crippen molar-refractivity contribution in [2.24, 2.45) is 0 Å². The topological polar surface area (TPSA) is 0 Å². The van der Waals surface area contributed by atoms with E-state index >= 15 is 0 Å². The van der Waals surface area contributed by atoms with Crippen molar-refractivity contribution in [2.45, 2.75) is 14.3 Å². The van der Waals surface area contributed by atoms with Crippen molar-refractivity contribution in [2.75, 3.05) is 0 Å². The third kappa shape index (κ3) is 1.17. The van der Waals surface area contributed by atoms with Crippen LogP contribution in [0.25, 0.3) is 0 Å². The van der Waals surface area contributed by atoms with E-state index in [1.54, 1.807) is 0 Å². The van der Waals surface area contributed by atoms with Crippen molar-refractivity contribution >= 4 is 45.2 Å². The smallest absolute Gasteiger partial charge is 0.0238 e. The molecule has 0 heterocycles. The average Bonchev–Trinajstić information content (AvgIpc) is 1.79. The van der Waals surface area contributed by atoms with Gasteiger partial charge < -0.3 is 0 Å². The highest BCUT2D eigenvalue weighted by atomic mass is 127. The van der Waals surface area contributed by atoms with Crippen LogP contribution in [-0.4, -0.2) is 7.85 Å². The molecule has 1 aliphatic rings. The van der Waals surface area contributed by atoms with E-state index in [0.717, 1.165) is 7.85 Å². The molecule has 0 amide bonds. The quantitative estimate of drug-likeness (QED) is 0.473. The van der Waals surface area contributed by atoms with Crippen LogP contribution >= 0.6 is 45.2 Å². The van der Waals surface area contributed by atoms with Gasteiger partial charge in [0.05, 0.1) is 0 Å². The molecule has 0 aromatic heterocycles. The van der Waals surface area contributed by atoms with Gasteiger partial charge in [-0.2, -0.15) is 0 Å². The molecule has 0 unspecified atom stereocenters. The van der Waals surface area contributed by atoms with E-state index in [0.29, 0.717) is 0 Å². The molecule has 1 fully saturated rings. The van der Waals surface area contributed by atoms with Crippen molar-refractivity contribution in [3.8, 4) is 0 Å². The molecule has 0 aromatic rings. The molecule has 0 saturated heterocycles. The first kappa shape index (κ1) is 4.61. The number of halogens is 2. The summed E-state index contributed by atoms with van der Waals surface area (Å²) in [5.74, 6) is 0. The summed E-state index contributed by atoms with van der Waals surface area (Å²) in [6.45, 7) is 0. The monoisotopic (exact) mass is 294 g/mol. The predicted octanol–water partition coefficient (Wildman–Crippen LogP) is 2.00. The largest absolute Gasteiger partial charge is 0.0814 e. The Morgan fingerprint density at radius 1 is 1.20 bits per heavy atom. The average molecular weight is 294 g/mol. The molecule has 1 aliphatic carbocycles. The summed E-state index contributed by atoms with van der Waals surface area (Å²) in [6.07, 6.45) is 1.45. The molecule has 1 saturated carbocycles. The van der Waals surface area contributed by atoms with E-state index in [9.17, 15) is 0 Å². The molecule has 2 atom stereocenters. The molecular weight excluding hydrogens is 290 g/mol. The van der Waals surface area contributed by atoms with Gasteiger partial charge in [0, 0.05) is 7.85 Å². The van der Waals surface area contributed by atoms with Crippen molar-refractivity contribution in [1.29, 1.82) is 0 Å². The molecule has 5 heavy (non-hydrogen) atoms. The SMILES string of the molecule is I[C@@H]1C[C@H]1I. The third-order valence-electron chi connectivity index (χ3n) is 0.640. The maximum atomic E-state index is 2.47. The third-order valence-corrected chi connectivity index (χ3v) is 4.77. The zero-order chi connectivity index (χ0) is 3.86. The lowest BCUT2D eigenvalue weighted by Gasteiger charge is -1.62. The maximum Gasteiger partial charge on any atom is 0.0238 e. The van der Waals surface area contributed by atoms with Gasteiger partial charge in [0.2, 0.25) is 0 Å². The fraction of sp³-hybridized carbons (Fsp3) is 1.00. The molecule has 1 rings (SSSR count). The maximum absolute atomic E-state index is 2.47. The Balaban J connectivity index is 2.20. The van der Waals surface area contributed by atoms with E-state index in [2.05, 4.69) is 45.2 Å². The van der Waals surface area contributed by atoms with Crippen molar-refractivity contribution < 1.29 is 0 Å². The molecular formula is C3H4I2. The lowest BCUT2D eigenvalue weighted by Crippen LogP contribution is -1.61. The Kier molecular flexibility index (Phi) is 1.40. The van der Waals surface area contributed by atoms with Crippen LogP contribution in [0.15, 0.2) is 0 Å². The Hall–Kier alpha value is 1.46. The molecule has 0 N–H and O–H groups in total. The highest BCUT2D eigenvalue weighted by Gasteiger charge is 2.30. The van der Waals surface area contributed by atoms with Crippen LogP contribution in [0.4, 0.5) is 0 Å². The summed E-state index contributed by atoms with van der Waals surface area (Å²) in [5.41, 5.74) is 0. The van der Waals surface area contributed by atoms with Gasteiger partial charge in [0.25, 0.3) is 0 Å². The lowest BCUT2D eigenvalue weighted by molar-refractivity contribution is 1.55. The van der Waals surface area contributed by atoms with Gasteiger partial charge in [-0.25, -0.2) is 0 Å². The van der Waals surface area contributed by atoms with E-state index in [-0.39, 0.29) is 0 Å². The van der Waals surface area contributed by atoms with E-state index in [1.165, 1.54) is 6.42 Å². The first-order chi connectivity index (χ1) is 2.30. The molecule has 0 spiro atoms. The second kappa shape index (κ2) is 1.52. The summed E-state index contributed by atoms with van der Waals surface area (Å²) >= 11 is 4.95. The number of alkyl halides is 2. The Morgan fingerprint density at radius 2 is 1.40 bits per heavy atom. The van der Waals surface area contributed by atoms with Gasteiger partial charge in [-0.1, -0.05) is 45.2 Å². The molecule has 0 radical (unpaired) electrons. The van der Waals surface area contributed by atoms with E-state index < -0.39 is 0 Å². The minimum absolute atomic E-state index is 1.01. The van der Waals surface area contributed by atoms with Gasteiger partial charge in [-0.15, -0.1) is 0 Å². The van der Waals surface area contributed by atoms with Crippen LogP contribution in [0.5, 0.6) is 0 Å². The molecule has 30 valence electrons. The summed E-state index contributed by atoms with van der Waals surface area (Å²) in [6, 6.07) is 0. The second-order valence-corrected chi connectivity index (χ2v) is 4.47. The highest BCUT2D eigenvalue weighted by molar-refractivity contribution is 14.1. The molecule has 0 bridgehead atoms. The first-order valence-corrected chi connectivity index (χ1v) is 4.08. The number of rotatable bonds is 0. The van der Waals surface area contributed by atoms with Gasteiger partial charge in [0.15, 0.2) is 0 Å². The van der Waals surface area contributed by atoms with Gasteiger partial charge in [-0.3, -0.25) is 0 Å². The van der Waals surface area contributed by atoms with Gasteiger partial charge in [-0.05, 0) is 6.42 Å². The molecule has 0 aromatic carbocycles. The normalized spacial score (nSPS) is 49.2. The van der Waals surface area contributed by atoms with Crippen LogP contribution in [0, 0.1) is 0 Å². The van der Waals surface area contributed by atoms with Crippen molar-refractivity contribution in [3.05, 3.63) is 0 Å². The zero-order valence-corrected chi connectivity index (χ0v) is 6.93. The lowest BCUT2D eigenvalue weighted by atomic mass is 11.0. The second-order valence-electron chi connectivity index (χ2n) is 1.27. The minimum Gasteiger partial charge on any atom is -0.0814 e. The van der Waals surface area contributed by atoms with Crippen molar-refractivity contribution in [3.63, 3.8) is 0 Å². The van der Waals surface area contributed by atoms with Gasteiger partial charge >= 0.3 is 0 Å². The fourth-order valence-electron chi connectivity index (χ4n) is 0.137. The molecule has 2 heteroatoms. The van der Waals surface area contributed by atoms with Crippen molar-refractivity contribution in [1.82, 2.24) is 0 Å². The fourth-order valence-corrected chi connectivity index (χ4v) is 2.21. The van der Waals surface area contributed by atoms with Crippen LogP contribution in [0.3, 0.4) is 0 Å². The van der Waals surface area contributed by atoms with Crippen LogP contribution in [0.2, 0.25) is 0 Å². The molecule has 0 nitrogen and oxygen atoms in total. The number of hydrogen-bond donors (Lipinski definition) is 0. The number of hydrogen-bond acceptors (Lipinski definition) is 0. The van der Waals surface area contributed by atoms with Crippen LogP contribution in [-0.2, 0) is 0 Å². The van der Waals surface area contributed by atoms with E-state index in [4.69, 9.17) is 0 Å². The minimum atomic E-state index is 1.01. The summed E-state index contributed by atoms with van der Waals surface area (Å²) in [4.78, 5) is 0. The Bertz CT molecular complexity index is 38.2. The van der Waals surface area contributed by atoms with Crippen LogP contribution in [0.1, 0.15) is 6.42 Å².